The Balaban J connectivity index is 0.00000192. The summed E-state index contributed by atoms with van der Waals surface area (Å²) in [6.07, 6.45) is 0.550. The summed E-state index contributed by atoms with van der Waals surface area (Å²) in [5.74, 6) is 3.14. The number of carbonyl (C=O) groups excluding carboxylic acids is 1. The Morgan fingerprint density at radius 1 is 1.48 bits per heavy atom. The Bertz CT molecular complexity index is 622. The Labute approximate surface area is 147 Å². The number of para-hydroxylation sites is 1. The van der Waals surface area contributed by atoms with Gasteiger partial charge in [0.05, 0.1) is 6.04 Å². The highest BCUT2D eigenvalue weighted by Gasteiger charge is 2.24. The summed E-state index contributed by atoms with van der Waals surface area (Å²) >= 11 is 1.91. The lowest BCUT2D eigenvalue weighted by molar-refractivity contribution is -0.132. The van der Waals surface area contributed by atoms with Crippen LogP contribution in [0.2, 0.25) is 0 Å². The predicted octanol–water partition coefficient (Wildman–Crippen LogP) is 3.47. The van der Waals surface area contributed by atoms with E-state index in [1.807, 2.05) is 56.1 Å². The fourth-order valence-corrected chi connectivity index (χ4v) is 3.67. The summed E-state index contributed by atoms with van der Waals surface area (Å²) in [7, 11) is 1.86. The second kappa shape index (κ2) is 8.08. The molecule has 1 saturated heterocycles. The molecule has 1 aromatic carbocycles. The number of carbonyl (C=O) groups is 1. The van der Waals surface area contributed by atoms with Crippen LogP contribution in [0.3, 0.4) is 0 Å². The quantitative estimate of drug-likeness (QED) is 0.913. The zero-order valence-corrected chi connectivity index (χ0v) is 15.1. The van der Waals surface area contributed by atoms with E-state index in [1.54, 1.807) is 4.90 Å². The van der Waals surface area contributed by atoms with E-state index in [4.69, 9.17) is 4.42 Å². The van der Waals surface area contributed by atoms with Crippen molar-refractivity contribution in [1.82, 2.24) is 10.2 Å². The third kappa shape index (κ3) is 4.22. The molecule has 0 radical (unpaired) electrons. The minimum Gasteiger partial charge on any atom is -0.459 e. The van der Waals surface area contributed by atoms with E-state index in [0.29, 0.717) is 6.42 Å². The monoisotopic (exact) mass is 354 g/mol. The van der Waals surface area contributed by atoms with Gasteiger partial charge in [0.25, 0.3) is 0 Å². The van der Waals surface area contributed by atoms with E-state index < -0.39 is 0 Å². The molecule has 0 spiro atoms. The van der Waals surface area contributed by atoms with Gasteiger partial charge in [0.15, 0.2) is 0 Å². The van der Waals surface area contributed by atoms with Crippen molar-refractivity contribution < 1.29 is 9.21 Å². The van der Waals surface area contributed by atoms with Crippen LogP contribution in [0.5, 0.6) is 0 Å². The highest BCUT2D eigenvalue weighted by atomic mass is 35.5. The molecule has 0 aliphatic carbocycles. The normalized spacial score (nSPS) is 19.1. The molecule has 126 valence electrons. The van der Waals surface area contributed by atoms with Crippen LogP contribution in [0.15, 0.2) is 34.7 Å². The van der Waals surface area contributed by atoms with Gasteiger partial charge in [0.1, 0.15) is 11.3 Å². The number of hydrogen-bond acceptors (Lipinski definition) is 4. The molecule has 1 aliphatic rings. The van der Waals surface area contributed by atoms with Crippen molar-refractivity contribution in [2.75, 3.05) is 25.1 Å². The van der Waals surface area contributed by atoms with Crippen LogP contribution < -0.4 is 5.32 Å². The van der Waals surface area contributed by atoms with Crippen LogP contribution in [0.1, 0.15) is 25.1 Å². The Kier molecular flexibility index (Phi) is 6.39. The number of thioether (sulfide) groups is 1. The van der Waals surface area contributed by atoms with Crippen molar-refractivity contribution >= 4 is 41.0 Å². The summed E-state index contributed by atoms with van der Waals surface area (Å²) in [5, 5.41) is 4.49. The number of fused-ring (bicyclic) bond motifs is 1. The van der Waals surface area contributed by atoms with Gasteiger partial charge < -0.3 is 14.6 Å². The summed E-state index contributed by atoms with van der Waals surface area (Å²) < 4.78 is 5.88. The van der Waals surface area contributed by atoms with Crippen molar-refractivity contribution in [3.63, 3.8) is 0 Å². The molecule has 1 fully saturated rings. The molecule has 2 heterocycles. The topological polar surface area (TPSA) is 45.5 Å². The van der Waals surface area contributed by atoms with E-state index in [2.05, 4.69) is 5.32 Å². The molecule has 4 nitrogen and oxygen atoms in total. The zero-order valence-electron chi connectivity index (χ0n) is 13.5. The molecule has 1 amide bonds. The maximum Gasteiger partial charge on any atom is 0.224 e. The molecule has 6 heteroatoms. The van der Waals surface area contributed by atoms with Crippen molar-refractivity contribution in [2.45, 2.75) is 25.4 Å². The fourth-order valence-electron chi connectivity index (χ4n) is 2.72. The molecule has 1 N–H and O–H groups in total. The van der Waals surface area contributed by atoms with Crippen LogP contribution in [0.4, 0.5) is 0 Å². The standard InChI is InChI=1S/C17H22N2O2S.ClH/c1-12(16-9-13-5-3-4-6-15(13)21-16)19(2)17(20)10-14-11-22-8-7-18-14;/h3-6,9,12,14,18H,7-8,10-11H2,1-2H3;1H. The molecule has 1 aromatic heterocycles. The van der Waals surface area contributed by atoms with Gasteiger partial charge in [0, 0.05) is 42.9 Å². The van der Waals surface area contributed by atoms with Crippen LogP contribution >= 0.6 is 24.2 Å². The van der Waals surface area contributed by atoms with Crippen molar-refractivity contribution in [3.8, 4) is 0 Å². The number of halogens is 1. The van der Waals surface area contributed by atoms with Gasteiger partial charge in [0.2, 0.25) is 5.91 Å². The van der Waals surface area contributed by atoms with Crippen LogP contribution in [0.25, 0.3) is 11.0 Å². The average Bonchev–Trinajstić information content (AvgIpc) is 2.98. The molecule has 2 atom stereocenters. The Hall–Kier alpha value is -1.17. The first-order valence-electron chi connectivity index (χ1n) is 7.70. The van der Waals surface area contributed by atoms with E-state index >= 15 is 0 Å². The third-order valence-corrected chi connectivity index (χ3v) is 5.38. The zero-order chi connectivity index (χ0) is 15.5. The maximum absolute atomic E-state index is 12.5. The third-order valence-electron chi connectivity index (χ3n) is 4.25. The minimum atomic E-state index is -0.0591. The molecular formula is C17H23ClN2O2S. The molecule has 0 saturated carbocycles. The fraction of sp³-hybridized carbons (Fsp3) is 0.471. The first-order valence-corrected chi connectivity index (χ1v) is 8.86. The Morgan fingerprint density at radius 3 is 2.96 bits per heavy atom. The predicted molar refractivity (Wildman–Crippen MR) is 98.4 cm³/mol. The SMILES string of the molecule is CC(c1cc2ccccc2o1)N(C)C(=O)CC1CSCCN1.Cl. The maximum atomic E-state index is 12.5. The lowest BCUT2D eigenvalue weighted by Gasteiger charge is -2.28. The van der Waals surface area contributed by atoms with Crippen molar-refractivity contribution in [1.29, 1.82) is 0 Å². The van der Waals surface area contributed by atoms with E-state index in [-0.39, 0.29) is 30.4 Å². The lowest BCUT2D eigenvalue weighted by Crippen LogP contribution is -2.42. The van der Waals surface area contributed by atoms with Gasteiger partial charge in [-0.25, -0.2) is 0 Å². The van der Waals surface area contributed by atoms with E-state index in [0.717, 1.165) is 34.8 Å². The first kappa shape index (κ1) is 18.2. The van der Waals surface area contributed by atoms with E-state index in [9.17, 15) is 4.79 Å². The van der Waals surface area contributed by atoms with Gasteiger partial charge in [-0.2, -0.15) is 11.8 Å². The van der Waals surface area contributed by atoms with Crippen molar-refractivity contribution in [2.24, 2.45) is 0 Å². The number of furan rings is 1. The Morgan fingerprint density at radius 2 is 2.26 bits per heavy atom. The van der Waals surface area contributed by atoms with Crippen LogP contribution in [-0.4, -0.2) is 41.9 Å². The van der Waals surface area contributed by atoms with Gasteiger partial charge in [-0.3, -0.25) is 4.79 Å². The number of nitrogens with one attached hydrogen (secondary N) is 1. The molecule has 3 rings (SSSR count). The minimum absolute atomic E-state index is 0. The summed E-state index contributed by atoms with van der Waals surface area (Å²) in [5.41, 5.74) is 0.871. The van der Waals surface area contributed by atoms with Crippen molar-refractivity contribution in [3.05, 3.63) is 36.1 Å². The molecule has 0 bridgehead atoms. The molecule has 1 aliphatic heterocycles. The average molecular weight is 355 g/mol. The van der Waals surface area contributed by atoms with Gasteiger partial charge >= 0.3 is 0 Å². The number of benzene rings is 1. The molecule has 2 aromatic rings. The highest BCUT2D eigenvalue weighted by molar-refractivity contribution is 7.99. The number of hydrogen-bond donors (Lipinski definition) is 1. The summed E-state index contributed by atoms with van der Waals surface area (Å²) in [6.45, 7) is 3.00. The van der Waals surface area contributed by atoms with Gasteiger partial charge in [-0.1, -0.05) is 18.2 Å². The second-order valence-corrected chi connectivity index (χ2v) is 6.95. The highest BCUT2D eigenvalue weighted by Crippen LogP contribution is 2.27. The molecular weight excluding hydrogens is 332 g/mol. The molecule has 2 unspecified atom stereocenters. The summed E-state index contributed by atoms with van der Waals surface area (Å²) in [4.78, 5) is 14.3. The van der Waals surface area contributed by atoms with Gasteiger partial charge in [-0.15, -0.1) is 12.4 Å². The van der Waals surface area contributed by atoms with Crippen LogP contribution in [-0.2, 0) is 4.79 Å². The van der Waals surface area contributed by atoms with Crippen LogP contribution in [0, 0.1) is 0 Å². The first-order chi connectivity index (χ1) is 10.6. The van der Waals surface area contributed by atoms with E-state index in [1.165, 1.54) is 0 Å². The lowest BCUT2D eigenvalue weighted by atomic mass is 10.1. The number of rotatable bonds is 4. The smallest absolute Gasteiger partial charge is 0.224 e. The number of nitrogens with zero attached hydrogens (tertiary/aromatic N) is 1. The van der Waals surface area contributed by atoms with Gasteiger partial charge in [-0.05, 0) is 19.1 Å². The largest absolute Gasteiger partial charge is 0.459 e. The summed E-state index contributed by atoms with van der Waals surface area (Å²) in [6, 6.07) is 10.2. The second-order valence-electron chi connectivity index (χ2n) is 5.80. The number of amides is 1. The molecule has 23 heavy (non-hydrogen) atoms.